The third-order valence-electron chi connectivity index (χ3n) is 3.75. The summed E-state index contributed by atoms with van der Waals surface area (Å²) in [6, 6.07) is 17.9. The molecule has 0 aromatic heterocycles. The summed E-state index contributed by atoms with van der Waals surface area (Å²) in [5, 5.41) is 3.43. The summed E-state index contributed by atoms with van der Waals surface area (Å²) in [4.78, 5) is 0. The molecule has 2 aromatic rings. The van der Waals surface area contributed by atoms with E-state index in [1.54, 1.807) is 0 Å². The van der Waals surface area contributed by atoms with Gasteiger partial charge in [0.25, 0.3) is 0 Å². The van der Waals surface area contributed by atoms with Gasteiger partial charge in [0.2, 0.25) is 0 Å². The zero-order valence-electron chi connectivity index (χ0n) is 12.2. The fourth-order valence-corrected chi connectivity index (χ4v) is 2.85. The van der Waals surface area contributed by atoms with E-state index >= 15 is 0 Å². The molecule has 0 radical (unpaired) electrons. The van der Waals surface area contributed by atoms with Crippen molar-refractivity contribution in [1.29, 1.82) is 0 Å². The summed E-state index contributed by atoms with van der Waals surface area (Å²) >= 11 is 3.63. The molecule has 1 atom stereocenters. The lowest BCUT2D eigenvalue weighted by molar-refractivity contribution is 0.555. The number of nitrogens with one attached hydrogen (secondary N) is 1. The molecule has 1 nitrogen and oxygen atoms in total. The SMILES string of the molecule is CCc1ccc(CC(Cc2ccccc2Br)NC)cc1. The van der Waals surface area contributed by atoms with Crippen molar-refractivity contribution in [2.75, 3.05) is 7.05 Å². The molecule has 0 aliphatic carbocycles. The van der Waals surface area contributed by atoms with E-state index in [4.69, 9.17) is 0 Å². The lowest BCUT2D eigenvalue weighted by atomic mass is 9.98. The normalized spacial score (nSPS) is 12.3. The van der Waals surface area contributed by atoms with Gasteiger partial charge in [-0.3, -0.25) is 0 Å². The molecule has 0 saturated carbocycles. The monoisotopic (exact) mass is 331 g/mol. The molecule has 0 heterocycles. The van der Waals surface area contributed by atoms with Crippen LogP contribution in [-0.4, -0.2) is 13.1 Å². The van der Waals surface area contributed by atoms with Gasteiger partial charge in [-0.15, -0.1) is 0 Å². The van der Waals surface area contributed by atoms with E-state index in [1.165, 1.54) is 21.2 Å². The van der Waals surface area contributed by atoms with Crippen LogP contribution in [0.4, 0.5) is 0 Å². The topological polar surface area (TPSA) is 12.0 Å². The largest absolute Gasteiger partial charge is 0.316 e. The summed E-state index contributed by atoms with van der Waals surface area (Å²) < 4.78 is 1.20. The summed E-state index contributed by atoms with van der Waals surface area (Å²) in [5.74, 6) is 0. The fraction of sp³-hybridized carbons (Fsp3) is 0.333. The second-order valence-electron chi connectivity index (χ2n) is 5.16. The van der Waals surface area contributed by atoms with Crippen LogP contribution in [0.25, 0.3) is 0 Å². The van der Waals surface area contributed by atoms with Gasteiger partial charge in [0, 0.05) is 10.5 Å². The first kappa shape index (κ1) is 15.3. The smallest absolute Gasteiger partial charge is 0.0207 e. The minimum atomic E-state index is 0.459. The Morgan fingerprint density at radius 3 is 2.20 bits per heavy atom. The maximum atomic E-state index is 3.63. The highest BCUT2D eigenvalue weighted by Gasteiger charge is 2.10. The number of halogens is 1. The third-order valence-corrected chi connectivity index (χ3v) is 4.52. The van der Waals surface area contributed by atoms with Crippen LogP contribution in [0.2, 0.25) is 0 Å². The van der Waals surface area contributed by atoms with Crippen LogP contribution in [0.3, 0.4) is 0 Å². The molecule has 0 aliphatic rings. The van der Waals surface area contributed by atoms with Crippen LogP contribution < -0.4 is 5.32 Å². The van der Waals surface area contributed by atoms with Crippen molar-refractivity contribution in [2.45, 2.75) is 32.2 Å². The van der Waals surface area contributed by atoms with Crippen LogP contribution in [0, 0.1) is 0 Å². The molecule has 0 spiro atoms. The third kappa shape index (κ3) is 4.19. The number of rotatable bonds is 6. The summed E-state index contributed by atoms with van der Waals surface area (Å²) in [6.45, 7) is 2.19. The van der Waals surface area contributed by atoms with Gasteiger partial charge in [0.05, 0.1) is 0 Å². The molecule has 0 aliphatic heterocycles. The maximum absolute atomic E-state index is 3.63. The van der Waals surface area contributed by atoms with E-state index in [-0.39, 0.29) is 0 Å². The average molecular weight is 332 g/mol. The van der Waals surface area contributed by atoms with E-state index in [0.29, 0.717) is 6.04 Å². The van der Waals surface area contributed by atoms with Gasteiger partial charge in [-0.05, 0) is 49.1 Å². The van der Waals surface area contributed by atoms with E-state index in [2.05, 4.69) is 76.7 Å². The predicted octanol–water partition coefficient (Wildman–Crippen LogP) is 4.38. The molecule has 20 heavy (non-hydrogen) atoms. The summed E-state index contributed by atoms with van der Waals surface area (Å²) in [6.07, 6.45) is 3.20. The molecule has 1 N–H and O–H groups in total. The second kappa shape index (κ2) is 7.61. The number of hydrogen-bond donors (Lipinski definition) is 1. The lowest BCUT2D eigenvalue weighted by Crippen LogP contribution is -2.30. The molecule has 1 unspecified atom stereocenters. The molecule has 2 rings (SSSR count). The van der Waals surface area contributed by atoms with Gasteiger partial charge < -0.3 is 5.32 Å². The molecule has 0 amide bonds. The van der Waals surface area contributed by atoms with Crippen LogP contribution in [0.15, 0.2) is 53.0 Å². The van der Waals surface area contributed by atoms with Gasteiger partial charge in [0.15, 0.2) is 0 Å². The van der Waals surface area contributed by atoms with Crippen LogP contribution in [0.5, 0.6) is 0 Å². The Morgan fingerprint density at radius 1 is 0.950 bits per heavy atom. The minimum Gasteiger partial charge on any atom is -0.316 e. The van der Waals surface area contributed by atoms with E-state index < -0.39 is 0 Å². The van der Waals surface area contributed by atoms with Crippen molar-refractivity contribution >= 4 is 15.9 Å². The Balaban J connectivity index is 2.03. The van der Waals surface area contributed by atoms with Crippen molar-refractivity contribution in [3.05, 3.63) is 69.7 Å². The van der Waals surface area contributed by atoms with E-state index in [1.807, 2.05) is 7.05 Å². The highest BCUT2D eigenvalue weighted by molar-refractivity contribution is 9.10. The van der Waals surface area contributed by atoms with Crippen molar-refractivity contribution < 1.29 is 0 Å². The van der Waals surface area contributed by atoms with Gasteiger partial charge in [-0.2, -0.15) is 0 Å². The molecular formula is C18H22BrN. The van der Waals surface area contributed by atoms with E-state index in [9.17, 15) is 0 Å². The first-order valence-electron chi connectivity index (χ1n) is 7.21. The van der Waals surface area contributed by atoms with Gasteiger partial charge in [-0.1, -0.05) is 65.3 Å². The Morgan fingerprint density at radius 2 is 1.60 bits per heavy atom. The molecule has 2 heteroatoms. The number of hydrogen-bond acceptors (Lipinski definition) is 1. The highest BCUT2D eigenvalue weighted by atomic mass is 79.9. The second-order valence-corrected chi connectivity index (χ2v) is 6.01. The summed E-state index contributed by atoms with van der Waals surface area (Å²) in [7, 11) is 2.04. The maximum Gasteiger partial charge on any atom is 0.0207 e. The van der Waals surface area contributed by atoms with Crippen LogP contribution in [-0.2, 0) is 19.3 Å². The van der Waals surface area contributed by atoms with Gasteiger partial charge in [0.1, 0.15) is 0 Å². The average Bonchev–Trinajstić information content (AvgIpc) is 2.49. The Labute approximate surface area is 130 Å². The number of likely N-dealkylation sites (N-methyl/N-ethyl adjacent to an activating group) is 1. The quantitative estimate of drug-likeness (QED) is 0.827. The van der Waals surface area contributed by atoms with Crippen LogP contribution >= 0.6 is 15.9 Å². The highest BCUT2D eigenvalue weighted by Crippen LogP contribution is 2.19. The number of aryl methyl sites for hydroxylation is 1. The molecule has 0 bridgehead atoms. The standard InChI is InChI=1S/C18H22BrN/c1-3-14-8-10-15(11-9-14)12-17(20-2)13-16-6-4-5-7-18(16)19/h4-11,17,20H,3,12-13H2,1-2H3. The zero-order valence-corrected chi connectivity index (χ0v) is 13.8. The Kier molecular flexibility index (Phi) is 5.81. The van der Waals surface area contributed by atoms with Crippen molar-refractivity contribution in [3.63, 3.8) is 0 Å². The molecule has 0 fully saturated rings. The molecule has 106 valence electrons. The van der Waals surface area contributed by atoms with Gasteiger partial charge >= 0.3 is 0 Å². The lowest BCUT2D eigenvalue weighted by Gasteiger charge is -2.17. The predicted molar refractivity (Wildman–Crippen MR) is 90.2 cm³/mol. The van der Waals surface area contributed by atoms with Crippen molar-refractivity contribution in [2.24, 2.45) is 0 Å². The Hall–Kier alpha value is -1.12. The molecular weight excluding hydrogens is 310 g/mol. The van der Waals surface area contributed by atoms with Crippen LogP contribution in [0.1, 0.15) is 23.6 Å². The first-order valence-corrected chi connectivity index (χ1v) is 8.00. The first-order chi connectivity index (χ1) is 9.72. The van der Waals surface area contributed by atoms with E-state index in [0.717, 1.165) is 19.3 Å². The minimum absolute atomic E-state index is 0.459. The molecule has 2 aromatic carbocycles. The summed E-state index contributed by atoms with van der Waals surface area (Å²) in [5.41, 5.74) is 4.16. The van der Waals surface area contributed by atoms with Crippen molar-refractivity contribution in [1.82, 2.24) is 5.32 Å². The van der Waals surface area contributed by atoms with Gasteiger partial charge in [-0.25, -0.2) is 0 Å². The Bertz CT molecular complexity index is 533. The van der Waals surface area contributed by atoms with Crippen molar-refractivity contribution in [3.8, 4) is 0 Å². The molecule has 0 saturated heterocycles. The number of benzene rings is 2. The fourth-order valence-electron chi connectivity index (χ4n) is 2.40. The zero-order chi connectivity index (χ0) is 14.4.